The normalized spacial score (nSPS) is 20.5. The summed E-state index contributed by atoms with van der Waals surface area (Å²) in [7, 11) is 0. The fourth-order valence-electron chi connectivity index (χ4n) is 3.97. The van der Waals surface area contributed by atoms with Crippen molar-refractivity contribution in [2.75, 3.05) is 36.5 Å². The third-order valence-electron chi connectivity index (χ3n) is 5.73. The van der Waals surface area contributed by atoms with Gasteiger partial charge in [-0.3, -0.25) is 14.4 Å². The van der Waals surface area contributed by atoms with E-state index in [1.807, 2.05) is 0 Å². The summed E-state index contributed by atoms with van der Waals surface area (Å²) in [6.45, 7) is 0.534. The van der Waals surface area contributed by atoms with Crippen LogP contribution >= 0.6 is 23.2 Å². The minimum absolute atomic E-state index is 0.0141. The second-order valence-electron chi connectivity index (χ2n) is 8.15. The van der Waals surface area contributed by atoms with Gasteiger partial charge >= 0.3 is 0 Å². The number of aliphatic hydroxyl groups is 1. The number of β-amino-alcohol motifs (C(OH)–C–C–N with tert-alkyl or cyclic N) is 1. The number of halogens is 3. The van der Waals surface area contributed by atoms with Crippen LogP contribution in [-0.4, -0.2) is 66.2 Å². The Morgan fingerprint density at radius 1 is 1.17 bits per heavy atom. The maximum absolute atomic E-state index is 14.7. The molecule has 2 fully saturated rings. The maximum atomic E-state index is 14.7. The van der Waals surface area contributed by atoms with E-state index in [1.165, 1.54) is 34.1 Å². The van der Waals surface area contributed by atoms with Crippen LogP contribution in [0, 0.1) is 5.82 Å². The van der Waals surface area contributed by atoms with Crippen LogP contribution < -0.4 is 10.2 Å². The average molecular weight is 522 g/mol. The molecular formula is C24H22Cl2FN3O5. The van der Waals surface area contributed by atoms with Gasteiger partial charge in [0.25, 0.3) is 5.91 Å². The van der Waals surface area contributed by atoms with E-state index >= 15 is 0 Å². The molecule has 2 aliphatic rings. The van der Waals surface area contributed by atoms with Gasteiger partial charge in [0.15, 0.2) is 0 Å². The number of ether oxygens (including phenoxy) is 1. The van der Waals surface area contributed by atoms with E-state index in [2.05, 4.69) is 5.32 Å². The molecule has 0 radical (unpaired) electrons. The summed E-state index contributed by atoms with van der Waals surface area (Å²) < 4.78 is 19.8. The molecule has 2 heterocycles. The minimum Gasteiger partial charge on any atom is -0.391 e. The summed E-state index contributed by atoms with van der Waals surface area (Å²) in [5, 5.41) is 13.3. The quantitative estimate of drug-likeness (QED) is 0.589. The largest absolute Gasteiger partial charge is 0.391 e. The number of carbonyl (C=O) groups excluding carboxylic acids is 3. The zero-order chi connectivity index (χ0) is 25.1. The van der Waals surface area contributed by atoms with E-state index in [4.69, 9.17) is 27.9 Å². The molecule has 2 aromatic rings. The zero-order valence-electron chi connectivity index (χ0n) is 18.4. The molecule has 35 heavy (non-hydrogen) atoms. The van der Waals surface area contributed by atoms with Crippen LogP contribution in [0.5, 0.6) is 0 Å². The number of benzene rings is 2. The number of amides is 3. The highest BCUT2D eigenvalue weighted by Crippen LogP contribution is 2.26. The van der Waals surface area contributed by atoms with Crippen molar-refractivity contribution < 1.29 is 28.6 Å². The molecule has 11 heteroatoms. The molecule has 2 atom stereocenters. The molecule has 2 N–H and O–H groups in total. The zero-order valence-corrected chi connectivity index (χ0v) is 19.9. The van der Waals surface area contributed by atoms with Crippen molar-refractivity contribution in [3.05, 3.63) is 63.9 Å². The first kappa shape index (κ1) is 25.1. The van der Waals surface area contributed by atoms with Gasteiger partial charge in [-0.2, -0.15) is 0 Å². The molecule has 0 aliphatic carbocycles. The smallest absolute Gasteiger partial charge is 0.253 e. The van der Waals surface area contributed by atoms with E-state index in [1.54, 1.807) is 18.2 Å². The Kier molecular flexibility index (Phi) is 7.71. The topological polar surface area (TPSA) is 99.2 Å². The summed E-state index contributed by atoms with van der Waals surface area (Å²) in [5.41, 5.74) is 0.892. The lowest BCUT2D eigenvalue weighted by Gasteiger charge is -2.27. The monoisotopic (exact) mass is 521 g/mol. The summed E-state index contributed by atoms with van der Waals surface area (Å²) in [6, 6.07) is 7.91. The lowest BCUT2D eigenvalue weighted by atomic mass is 10.1. The summed E-state index contributed by atoms with van der Waals surface area (Å²) in [6.07, 6.45) is 1.91. The van der Waals surface area contributed by atoms with Crippen LogP contribution in [0.1, 0.15) is 12.0 Å². The highest BCUT2D eigenvalue weighted by molar-refractivity contribution is 6.42. The second-order valence-corrected chi connectivity index (χ2v) is 8.97. The fraction of sp³-hybridized carbons (Fsp3) is 0.292. The van der Waals surface area contributed by atoms with Gasteiger partial charge in [0.2, 0.25) is 11.8 Å². The van der Waals surface area contributed by atoms with E-state index in [9.17, 15) is 23.9 Å². The molecule has 0 saturated carbocycles. The van der Waals surface area contributed by atoms with Crippen molar-refractivity contribution in [3.63, 3.8) is 0 Å². The first-order valence-electron chi connectivity index (χ1n) is 10.8. The van der Waals surface area contributed by atoms with Gasteiger partial charge in [-0.05, 0) is 42.0 Å². The highest BCUT2D eigenvalue weighted by atomic mass is 35.5. The number of hydrogen-bond donors (Lipinski definition) is 2. The van der Waals surface area contributed by atoms with Crippen LogP contribution in [0.3, 0.4) is 0 Å². The molecule has 0 unspecified atom stereocenters. The van der Waals surface area contributed by atoms with Crippen LogP contribution in [0.2, 0.25) is 10.0 Å². The average Bonchev–Trinajstić information content (AvgIpc) is 3.23. The van der Waals surface area contributed by atoms with Gasteiger partial charge in [0.1, 0.15) is 18.5 Å². The second kappa shape index (κ2) is 10.7. The Balaban J connectivity index is 1.45. The molecule has 2 aliphatic heterocycles. The van der Waals surface area contributed by atoms with E-state index in [-0.39, 0.29) is 31.2 Å². The minimum atomic E-state index is -0.990. The molecule has 3 amide bonds. The Morgan fingerprint density at radius 3 is 2.69 bits per heavy atom. The summed E-state index contributed by atoms with van der Waals surface area (Å²) >= 11 is 11.9. The van der Waals surface area contributed by atoms with Crippen LogP contribution in [-0.2, 0) is 19.1 Å². The van der Waals surface area contributed by atoms with Gasteiger partial charge in [-0.1, -0.05) is 29.3 Å². The first-order chi connectivity index (χ1) is 16.7. The molecular weight excluding hydrogens is 500 g/mol. The van der Waals surface area contributed by atoms with Gasteiger partial charge in [-0.25, -0.2) is 4.39 Å². The Labute approximate surface area is 210 Å². The van der Waals surface area contributed by atoms with Crippen molar-refractivity contribution in [2.45, 2.75) is 18.6 Å². The number of carbonyl (C=O) groups is 3. The Hall–Kier alpha value is -2.98. The Bertz CT molecular complexity index is 1190. The number of anilines is 2. The van der Waals surface area contributed by atoms with Crippen molar-refractivity contribution in [3.8, 4) is 0 Å². The Morgan fingerprint density at radius 2 is 1.97 bits per heavy atom. The lowest BCUT2D eigenvalue weighted by molar-refractivity contribution is -0.132. The third kappa shape index (κ3) is 5.82. The maximum Gasteiger partial charge on any atom is 0.253 e. The molecule has 0 aromatic heterocycles. The van der Waals surface area contributed by atoms with Gasteiger partial charge < -0.3 is 25.0 Å². The number of nitrogens with zero attached hydrogens (tertiary/aromatic N) is 2. The summed E-state index contributed by atoms with van der Waals surface area (Å²) in [5.74, 6) is -2.14. The van der Waals surface area contributed by atoms with Gasteiger partial charge in [-0.15, -0.1) is 0 Å². The number of morpholine rings is 1. The molecule has 8 nitrogen and oxygen atoms in total. The van der Waals surface area contributed by atoms with Crippen LogP contribution in [0.4, 0.5) is 15.8 Å². The van der Waals surface area contributed by atoms with E-state index in [0.717, 1.165) is 6.07 Å². The fourth-order valence-corrected chi connectivity index (χ4v) is 4.27. The van der Waals surface area contributed by atoms with E-state index < -0.39 is 29.8 Å². The standard InChI is InChI=1S/C24H22Cl2FN3O5/c25-17-4-1-14(9-18(17)26)2-6-22(32)30-12-16(31)11-21(30)24(34)28-20-5-3-15(10-19(20)27)29-7-8-35-13-23(29)33/h1-6,9-10,16,21,31H,7-8,11-13H2,(H,28,34)/t16-,21-/m1/s1. The van der Waals surface area contributed by atoms with Crippen molar-refractivity contribution in [1.82, 2.24) is 4.90 Å². The lowest BCUT2D eigenvalue weighted by Crippen LogP contribution is -2.42. The van der Waals surface area contributed by atoms with Crippen molar-refractivity contribution in [2.24, 2.45) is 0 Å². The molecule has 0 bridgehead atoms. The molecule has 2 saturated heterocycles. The van der Waals surface area contributed by atoms with Crippen LogP contribution in [0.25, 0.3) is 6.08 Å². The molecule has 0 spiro atoms. The number of likely N-dealkylation sites (tertiary alicyclic amines) is 1. The molecule has 4 rings (SSSR count). The molecule has 184 valence electrons. The van der Waals surface area contributed by atoms with E-state index in [0.29, 0.717) is 34.4 Å². The molecule has 2 aromatic carbocycles. The van der Waals surface area contributed by atoms with Gasteiger partial charge in [0.05, 0.1) is 28.4 Å². The third-order valence-corrected chi connectivity index (χ3v) is 6.47. The summed E-state index contributed by atoms with van der Waals surface area (Å²) in [4.78, 5) is 40.3. The highest BCUT2D eigenvalue weighted by Gasteiger charge is 2.38. The first-order valence-corrected chi connectivity index (χ1v) is 11.6. The van der Waals surface area contributed by atoms with Gasteiger partial charge in [0, 0.05) is 31.3 Å². The van der Waals surface area contributed by atoms with Crippen molar-refractivity contribution in [1.29, 1.82) is 0 Å². The number of rotatable bonds is 5. The van der Waals surface area contributed by atoms with Crippen LogP contribution in [0.15, 0.2) is 42.5 Å². The predicted octanol–water partition coefficient (Wildman–Crippen LogP) is 3.11. The number of nitrogens with one attached hydrogen (secondary N) is 1. The SMILES string of the molecule is O=C(Nc1ccc(N2CCOCC2=O)cc1F)[C@H]1C[C@@H](O)CN1C(=O)C=Cc1ccc(Cl)c(Cl)c1. The van der Waals surface area contributed by atoms with Crippen molar-refractivity contribution >= 4 is 58.4 Å². The number of hydrogen-bond acceptors (Lipinski definition) is 5. The predicted molar refractivity (Wildman–Crippen MR) is 130 cm³/mol. The number of aliphatic hydroxyl groups excluding tert-OH is 1.